The number of hydrogen-bond acceptors (Lipinski definition) is 2. The highest BCUT2D eigenvalue weighted by molar-refractivity contribution is 6.08. The first-order chi connectivity index (χ1) is 10.1. The van der Waals surface area contributed by atoms with Crippen LogP contribution in [0.4, 0.5) is 0 Å². The average molecular weight is 284 g/mol. The summed E-state index contributed by atoms with van der Waals surface area (Å²) in [6.45, 7) is 7.18. The van der Waals surface area contributed by atoms with Crippen molar-refractivity contribution in [1.82, 2.24) is 4.90 Å². The number of hydrogen-bond donors (Lipinski definition) is 1. The van der Waals surface area contributed by atoms with Gasteiger partial charge in [-0.1, -0.05) is 18.5 Å². The third-order valence-corrected chi connectivity index (χ3v) is 5.69. The lowest BCUT2D eigenvalue weighted by molar-refractivity contribution is 0.00897. The van der Waals surface area contributed by atoms with Gasteiger partial charge in [-0.05, 0) is 67.7 Å². The van der Waals surface area contributed by atoms with E-state index in [1.807, 2.05) is 0 Å². The summed E-state index contributed by atoms with van der Waals surface area (Å²) in [5.74, 6) is 0.858. The molecule has 1 aromatic rings. The van der Waals surface area contributed by atoms with Crippen molar-refractivity contribution in [3.8, 4) is 0 Å². The van der Waals surface area contributed by atoms with Gasteiger partial charge in [-0.3, -0.25) is 4.90 Å². The summed E-state index contributed by atoms with van der Waals surface area (Å²) in [6, 6.07) is 6.02. The van der Waals surface area contributed by atoms with Crippen molar-refractivity contribution in [2.24, 2.45) is 11.7 Å². The van der Waals surface area contributed by atoms with E-state index < -0.39 is 0 Å². The smallest absolute Gasteiger partial charge is 0.101 e. The zero-order valence-corrected chi connectivity index (χ0v) is 13.9. The average Bonchev–Trinajstić information content (AvgIpc) is 2.38. The Balaban J connectivity index is 1.55. The molecule has 0 atom stereocenters. The molecule has 1 aliphatic heterocycles. The van der Waals surface area contributed by atoms with Crippen LogP contribution in [0.3, 0.4) is 0 Å². The van der Waals surface area contributed by atoms with Crippen LogP contribution in [0.2, 0.25) is 6.32 Å². The van der Waals surface area contributed by atoms with Gasteiger partial charge in [0.15, 0.2) is 0 Å². The van der Waals surface area contributed by atoms with Gasteiger partial charge in [0, 0.05) is 25.2 Å². The zero-order chi connectivity index (χ0) is 15.0. The minimum absolute atomic E-state index is 0.477. The van der Waals surface area contributed by atoms with Crippen molar-refractivity contribution in [2.75, 3.05) is 13.1 Å². The van der Waals surface area contributed by atoms with E-state index >= 15 is 0 Å². The Morgan fingerprint density at radius 1 is 1.14 bits per heavy atom. The van der Waals surface area contributed by atoms with Gasteiger partial charge in [0.2, 0.25) is 0 Å². The van der Waals surface area contributed by atoms with Crippen molar-refractivity contribution >= 4 is 7.85 Å². The van der Waals surface area contributed by atoms with Gasteiger partial charge in [0.05, 0.1) is 0 Å². The molecule has 0 bridgehead atoms. The molecule has 1 saturated carbocycles. The van der Waals surface area contributed by atoms with Crippen LogP contribution < -0.4 is 5.73 Å². The van der Waals surface area contributed by atoms with Gasteiger partial charge in [-0.2, -0.15) is 0 Å². The molecule has 1 saturated heterocycles. The lowest BCUT2D eigenvalue weighted by Crippen LogP contribution is -2.59. The van der Waals surface area contributed by atoms with Crippen LogP contribution in [0, 0.1) is 19.8 Å². The number of likely N-dealkylation sites (tertiary alicyclic amines) is 1. The molecule has 0 unspecified atom stereocenters. The third kappa shape index (κ3) is 3.05. The normalized spacial score (nSPS) is 26.4. The van der Waals surface area contributed by atoms with Crippen molar-refractivity contribution in [3.05, 3.63) is 34.4 Å². The van der Waals surface area contributed by atoms with Crippen LogP contribution in [0.5, 0.6) is 0 Å². The molecule has 1 heterocycles. The maximum Gasteiger partial charge on any atom is 0.101 e. The number of nitrogens with zero attached hydrogens (tertiary/aromatic N) is 1. The molecule has 0 spiro atoms. The fourth-order valence-electron chi connectivity index (χ4n) is 3.97. The molecule has 3 rings (SSSR count). The standard InChI is InChI=1S/C18H29BN2/c1-12-13(2)16(4-3-15(12)5-6-19)7-14-10-21(11-14)18-8-17(20)9-18/h3-4,14,17-18H,5-11,19-20H2,1-2H3. The van der Waals surface area contributed by atoms with Gasteiger partial charge >= 0.3 is 0 Å². The van der Waals surface area contributed by atoms with Gasteiger partial charge < -0.3 is 5.73 Å². The van der Waals surface area contributed by atoms with E-state index in [-0.39, 0.29) is 0 Å². The Morgan fingerprint density at radius 3 is 2.38 bits per heavy atom. The highest BCUT2D eigenvalue weighted by Crippen LogP contribution is 2.32. The van der Waals surface area contributed by atoms with Gasteiger partial charge in [0.1, 0.15) is 7.85 Å². The molecule has 2 aliphatic rings. The number of nitrogens with two attached hydrogens (primary N) is 1. The Hall–Kier alpha value is -0.795. The molecule has 2 fully saturated rings. The molecule has 2 N–H and O–H groups in total. The SMILES string of the molecule is BCCc1ccc(CC2CN(C3CC(N)C3)C2)c(C)c1C. The molecule has 0 amide bonds. The van der Waals surface area contributed by atoms with E-state index in [9.17, 15) is 0 Å². The van der Waals surface area contributed by atoms with E-state index in [4.69, 9.17) is 5.73 Å². The highest BCUT2D eigenvalue weighted by atomic mass is 15.2. The number of aryl methyl sites for hydroxylation is 1. The van der Waals surface area contributed by atoms with Crippen LogP contribution in [-0.2, 0) is 12.8 Å². The minimum atomic E-state index is 0.477. The summed E-state index contributed by atoms with van der Waals surface area (Å²) in [6.07, 6.45) is 6.15. The van der Waals surface area contributed by atoms with E-state index in [0.717, 1.165) is 12.0 Å². The fraction of sp³-hybridized carbons (Fsp3) is 0.667. The molecule has 3 heteroatoms. The van der Waals surface area contributed by atoms with Crippen molar-refractivity contribution < 1.29 is 0 Å². The van der Waals surface area contributed by atoms with Crippen molar-refractivity contribution in [2.45, 2.75) is 57.9 Å². The van der Waals surface area contributed by atoms with Crippen LogP contribution in [-0.4, -0.2) is 37.9 Å². The minimum Gasteiger partial charge on any atom is -0.328 e. The summed E-state index contributed by atoms with van der Waals surface area (Å²) in [7, 11) is 2.26. The summed E-state index contributed by atoms with van der Waals surface area (Å²) < 4.78 is 0. The molecule has 2 nitrogen and oxygen atoms in total. The third-order valence-electron chi connectivity index (χ3n) is 5.69. The molecular weight excluding hydrogens is 255 g/mol. The highest BCUT2D eigenvalue weighted by Gasteiger charge is 2.38. The van der Waals surface area contributed by atoms with Gasteiger partial charge in [-0.15, -0.1) is 0 Å². The van der Waals surface area contributed by atoms with Crippen LogP contribution in [0.1, 0.15) is 35.1 Å². The summed E-state index contributed by atoms with van der Waals surface area (Å²) >= 11 is 0. The Morgan fingerprint density at radius 2 is 1.76 bits per heavy atom. The second-order valence-electron chi connectivity index (χ2n) is 7.29. The quantitative estimate of drug-likeness (QED) is 0.836. The molecule has 1 aliphatic carbocycles. The van der Waals surface area contributed by atoms with Gasteiger partial charge in [0.25, 0.3) is 0 Å². The van der Waals surface area contributed by atoms with E-state index in [0.29, 0.717) is 6.04 Å². The largest absolute Gasteiger partial charge is 0.328 e. The Bertz CT molecular complexity index is 502. The topological polar surface area (TPSA) is 29.3 Å². The monoisotopic (exact) mass is 284 g/mol. The molecular formula is C18H29BN2. The van der Waals surface area contributed by atoms with Crippen LogP contribution in [0.15, 0.2) is 12.1 Å². The lowest BCUT2D eigenvalue weighted by Gasteiger charge is -2.50. The lowest BCUT2D eigenvalue weighted by atomic mass is 9.80. The van der Waals surface area contributed by atoms with Gasteiger partial charge in [-0.25, -0.2) is 0 Å². The molecule has 114 valence electrons. The Labute approximate surface area is 130 Å². The second kappa shape index (κ2) is 6.14. The molecule has 1 aromatic carbocycles. The molecule has 0 aromatic heterocycles. The zero-order valence-electron chi connectivity index (χ0n) is 13.9. The van der Waals surface area contributed by atoms with Crippen molar-refractivity contribution in [3.63, 3.8) is 0 Å². The summed E-state index contributed by atoms with van der Waals surface area (Å²) in [5, 5.41) is 0. The predicted octanol–water partition coefficient (Wildman–Crippen LogP) is 1.86. The van der Waals surface area contributed by atoms with E-state index in [1.54, 1.807) is 5.56 Å². The maximum atomic E-state index is 5.89. The first kappa shape index (κ1) is 15.1. The van der Waals surface area contributed by atoms with Crippen LogP contribution in [0.25, 0.3) is 0 Å². The van der Waals surface area contributed by atoms with E-state index in [2.05, 4.69) is 38.7 Å². The fourth-order valence-corrected chi connectivity index (χ4v) is 3.97. The predicted molar refractivity (Wildman–Crippen MR) is 92.7 cm³/mol. The first-order valence-electron chi connectivity index (χ1n) is 8.66. The number of benzene rings is 1. The molecule has 0 radical (unpaired) electrons. The second-order valence-corrected chi connectivity index (χ2v) is 7.29. The summed E-state index contributed by atoms with van der Waals surface area (Å²) in [5.41, 5.74) is 12.1. The number of rotatable bonds is 5. The Kier molecular flexibility index (Phi) is 4.42. The van der Waals surface area contributed by atoms with Crippen LogP contribution >= 0.6 is 0 Å². The first-order valence-corrected chi connectivity index (χ1v) is 8.66. The van der Waals surface area contributed by atoms with Crippen molar-refractivity contribution in [1.29, 1.82) is 0 Å². The molecule has 21 heavy (non-hydrogen) atoms. The van der Waals surface area contributed by atoms with E-state index in [1.165, 1.54) is 61.8 Å². The summed E-state index contributed by atoms with van der Waals surface area (Å²) in [4.78, 5) is 2.64. The maximum absolute atomic E-state index is 5.89.